The third-order valence-electron chi connectivity index (χ3n) is 1.38. The number of carbonyl (C=O) groups excluding carboxylic acids is 4. The second kappa shape index (κ2) is 17.2. The van der Waals surface area contributed by atoms with Gasteiger partial charge in [0, 0.05) is 12.8 Å². The smallest absolute Gasteiger partial charge is 0.233 e. The fraction of sp³-hybridized carbons (Fsp3) is 0.667. The van der Waals surface area contributed by atoms with E-state index in [2.05, 4.69) is 0 Å². The normalized spacial score (nSPS) is 8.10. The first-order valence-electron chi connectivity index (χ1n) is 6.10. The number of hydrogen-bond donors (Lipinski definition) is 4. The van der Waals surface area contributed by atoms with Gasteiger partial charge in [-0.1, -0.05) is 0 Å². The van der Waals surface area contributed by atoms with Gasteiger partial charge < -0.3 is 9.59 Å². The molecule has 0 heterocycles. The third-order valence-corrected chi connectivity index (χ3v) is 1.38. The van der Waals surface area contributed by atoms with E-state index < -0.39 is 0 Å². The number of unbranched alkanes of at least 4 members (excludes halogenated alkanes) is 1. The fourth-order valence-corrected chi connectivity index (χ4v) is 0.715. The molecule has 6 N–H and O–H groups in total. The van der Waals surface area contributed by atoms with Crippen LogP contribution in [-0.4, -0.2) is 23.4 Å². The molecule has 0 aliphatic carbocycles. The van der Waals surface area contributed by atoms with Crippen molar-refractivity contribution in [3.63, 3.8) is 0 Å². The molecule has 0 bridgehead atoms. The SMILES string of the molecule is CC(C)=O.CC(C)=O.NNC(=O)CCCCC(=O)NN. The van der Waals surface area contributed by atoms with Crippen molar-refractivity contribution in [3.8, 4) is 0 Å². The number of carbonyl (C=O) groups is 4. The van der Waals surface area contributed by atoms with Crippen molar-refractivity contribution >= 4 is 23.4 Å². The average Bonchev–Trinajstić information content (AvgIpc) is 2.32. The summed E-state index contributed by atoms with van der Waals surface area (Å²) >= 11 is 0. The van der Waals surface area contributed by atoms with Crippen LogP contribution in [0.1, 0.15) is 53.4 Å². The van der Waals surface area contributed by atoms with E-state index in [1.807, 2.05) is 10.9 Å². The molecule has 0 saturated carbocycles. The minimum atomic E-state index is -0.219. The van der Waals surface area contributed by atoms with Crippen LogP contribution in [-0.2, 0) is 19.2 Å². The molecule has 0 unspecified atom stereocenters. The number of amides is 2. The maximum Gasteiger partial charge on any atom is 0.233 e. The molecule has 118 valence electrons. The molecule has 0 spiro atoms. The Labute approximate surface area is 119 Å². The van der Waals surface area contributed by atoms with Crippen molar-refractivity contribution in [3.05, 3.63) is 0 Å². The molecule has 2 amide bonds. The molecule has 0 radical (unpaired) electrons. The Hall–Kier alpha value is -1.80. The molecule has 0 fully saturated rings. The maximum atomic E-state index is 10.6. The Balaban J connectivity index is -0.000000297. The maximum absolute atomic E-state index is 10.6. The molecule has 0 aromatic heterocycles. The molecular formula is C12H26N4O4. The Morgan fingerprint density at radius 3 is 1.05 bits per heavy atom. The molecule has 0 aromatic carbocycles. The first-order chi connectivity index (χ1) is 9.17. The topological polar surface area (TPSA) is 144 Å². The molecule has 0 rings (SSSR count). The summed E-state index contributed by atoms with van der Waals surface area (Å²) < 4.78 is 0. The summed E-state index contributed by atoms with van der Waals surface area (Å²) in [5.74, 6) is 9.58. The largest absolute Gasteiger partial charge is 0.300 e. The highest BCUT2D eigenvalue weighted by Crippen LogP contribution is 1.98. The van der Waals surface area contributed by atoms with Crippen molar-refractivity contribution < 1.29 is 19.2 Å². The number of hydrazine groups is 2. The van der Waals surface area contributed by atoms with Gasteiger partial charge in [-0.3, -0.25) is 20.4 Å². The number of ketones is 2. The number of nitrogens with two attached hydrogens (primary N) is 2. The Kier molecular flexibility index (Phi) is 20.0. The minimum absolute atomic E-state index is 0.167. The molecule has 0 aromatic rings. The molecule has 20 heavy (non-hydrogen) atoms. The van der Waals surface area contributed by atoms with Gasteiger partial charge in [-0.05, 0) is 40.5 Å². The van der Waals surface area contributed by atoms with Gasteiger partial charge in [0.2, 0.25) is 11.8 Å². The quantitative estimate of drug-likeness (QED) is 0.237. The van der Waals surface area contributed by atoms with Crippen molar-refractivity contribution in [2.75, 3.05) is 0 Å². The van der Waals surface area contributed by atoms with Crippen LogP contribution in [0.2, 0.25) is 0 Å². The summed E-state index contributed by atoms with van der Waals surface area (Å²) in [4.78, 5) is 40.0. The van der Waals surface area contributed by atoms with E-state index in [4.69, 9.17) is 11.7 Å². The zero-order valence-corrected chi connectivity index (χ0v) is 12.6. The number of nitrogens with one attached hydrogen (secondary N) is 2. The van der Waals surface area contributed by atoms with Crippen molar-refractivity contribution in [1.82, 2.24) is 10.9 Å². The molecule has 0 aliphatic rings. The fourth-order valence-electron chi connectivity index (χ4n) is 0.715. The number of hydrogen-bond acceptors (Lipinski definition) is 6. The average molecular weight is 290 g/mol. The second-order valence-electron chi connectivity index (χ2n) is 4.16. The summed E-state index contributed by atoms with van der Waals surface area (Å²) in [5, 5.41) is 0. The number of Topliss-reactive ketones (excluding diaryl/α,β-unsaturated/α-hetero) is 2. The second-order valence-corrected chi connectivity index (χ2v) is 4.16. The van der Waals surface area contributed by atoms with Crippen LogP contribution in [0.3, 0.4) is 0 Å². The van der Waals surface area contributed by atoms with Gasteiger partial charge in [0.05, 0.1) is 0 Å². The molecular weight excluding hydrogens is 264 g/mol. The van der Waals surface area contributed by atoms with Crippen LogP contribution in [0.25, 0.3) is 0 Å². The Bertz CT molecular complexity index is 268. The van der Waals surface area contributed by atoms with Crippen LogP contribution >= 0.6 is 0 Å². The lowest BCUT2D eigenvalue weighted by atomic mass is 10.2. The standard InChI is InChI=1S/C6H14N4O2.2C3H6O/c7-9-5(11)3-1-2-4-6(12)10-8;2*1-3(2)4/h1-4,7-8H2,(H,9,11)(H,10,12);2*1-2H3. The zero-order valence-electron chi connectivity index (χ0n) is 12.6. The molecule has 8 heteroatoms. The molecule has 8 nitrogen and oxygen atoms in total. The van der Waals surface area contributed by atoms with Crippen molar-refractivity contribution in [2.24, 2.45) is 11.7 Å². The van der Waals surface area contributed by atoms with Crippen LogP contribution < -0.4 is 22.5 Å². The predicted molar refractivity (Wildman–Crippen MR) is 75.8 cm³/mol. The van der Waals surface area contributed by atoms with E-state index in [1.165, 1.54) is 27.7 Å². The van der Waals surface area contributed by atoms with Gasteiger partial charge >= 0.3 is 0 Å². The third kappa shape index (κ3) is 44.2. The summed E-state index contributed by atoms with van der Waals surface area (Å²) in [6, 6.07) is 0. The van der Waals surface area contributed by atoms with Gasteiger partial charge in [0.1, 0.15) is 11.6 Å². The first-order valence-corrected chi connectivity index (χ1v) is 6.10. The highest BCUT2D eigenvalue weighted by molar-refractivity contribution is 5.76. The van der Waals surface area contributed by atoms with Gasteiger partial charge in [0.15, 0.2) is 0 Å². The minimum Gasteiger partial charge on any atom is -0.300 e. The molecule has 0 aliphatic heterocycles. The van der Waals surface area contributed by atoms with E-state index in [0.29, 0.717) is 25.7 Å². The predicted octanol–water partition coefficient (Wildman–Crippen LogP) is -0.283. The summed E-state index contributed by atoms with van der Waals surface area (Å²) in [6.45, 7) is 6.11. The van der Waals surface area contributed by atoms with Gasteiger partial charge in [-0.25, -0.2) is 11.7 Å². The first kappa shape index (κ1) is 23.3. The highest BCUT2D eigenvalue weighted by atomic mass is 16.2. The van der Waals surface area contributed by atoms with E-state index in [0.717, 1.165) is 0 Å². The molecule has 0 saturated heterocycles. The Morgan fingerprint density at radius 2 is 0.900 bits per heavy atom. The summed E-state index contributed by atoms with van der Waals surface area (Å²) in [5.41, 5.74) is 4.01. The van der Waals surface area contributed by atoms with Gasteiger partial charge in [-0.15, -0.1) is 0 Å². The van der Waals surface area contributed by atoms with Gasteiger partial charge in [0.25, 0.3) is 0 Å². The lowest BCUT2D eigenvalue weighted by Gasteiger charge is -1.99. The van der Waals surface area contributed by atoms with E-state index in [1.54, 1.807) is 0 Å². The molecule has 0 atom stereocenters. The van der Waals surface area contributed by atoms with E-state index in [-0.39, 0.29) is 23.4 Å². The number of rotatable bonds is 5. The van der Waals surface area contributed by atoms with Crippen LogP contribution in [0.4, 0.5) is 0 Å². The van der Waals surface area contributed by atoms with Crippen molar-refractivity contribution in [1.29, 1.82) is 0 Å². The lowest BCUT2D eigenvalue weighted by molar-refractivity contribution is -0.123. The van der Waals surface area contributed by atoms with E-state index >= 15 is 0 Å². The van der Waals surface area contributed by atoms with Gasteiger partial charge in [-0.2, -0.15) is 0 Å². The summed E-state index contributed by atoms with van der Waals surface area (Å²) in [7, 11) is 0. The van der Waals surface area contributed by atoms with Crippen LogP contribution in [0.15, 0.2) is 0 Å². The Morgan fingerprint density at radius 1 is 0.700 bits per heavy atom. The summed E-state index contributed by atoms with van der Waals surface area (Å²) in [6.07, 6.45) is 1.95. The van der Waals surface area contributed by atoms with Crippen LogP contribution in [0, 0.1) is 0 Å². The lowest BCUT2D eigenvalue weighted by Crippen LogP contribution is -2.30. The van der Waals surface area contributed by atoms with Crippen LogP contribution in [0.5, 0.6) is 0 Å². The zero-order chi connectivity index (χ0) is 16.6. The van der Waals surface area contributed by atoms with E-state index in [9.17, 15) is 19.2 Å². The van der Waals surface area contributed by atoms with Crippen molar-refractivity contribution in [2.45, 2.75) is 53.4 Å². The highest BCUT2D eigenvalue weighted by Gasteiger charge is 2.00. The monoisotopic (exact) mass is 290 g/mol.